The summed E-state index contributed by atoms with van der Waals surface area (Å²) in [5, 5.41) is 11.2. The van der Waals surface area contributed by atoms with Crippen LogP contribution in [0.4, 0.5) is 17.1 Å². The van der Waals surface area contributed by atoms with Gasteiger partial charge < -0.3 is 9.80 Å². The second-order valence-corrected chi connectivity index (χ2v) is 5.95. The Morgan fingerprint density at radius 2 is 1.62 bits per heavy atom. The van der Waals surface area contributed by atoms with Crippen LogP contribution >= 0.6 is 11.6 Å². The van der Waals surface area contributed by atoms with Crippen LogP contribution < -0.4 is 9.80 Å². The van der Waals surface area contributed by atoms with Crippen molar-refractivity contribution in [1.29, 1.82) is 0 Å². The fraction of sp³-hybridized carbons (Fsp3) is 0.235. The quantitative estimate of drug-likeness (QED) is 0.482. The minimum atomic E-state index is -0.454. The largest absolute Gasteiger partial charge is 0.367 e. The van der Waals surface area contributed by atoms with Gasteiger partial charge in [-0.25, -0.2) is 0 Å². The van der Waals surface area contributed by atoms with Gasteiger partial charge in [-0.15, -0.1) is 0 Å². The number of benzene rings is 2. The maximum atomic E-state index is 11.2. The Hall–Kier alpha value is -2.60. The van der Waals surface area contributed by atoms with Crippen LogP contribution in [0.5, 0.6) is 0 Å². The van der Waals surface area contributed by atoms with E-state index in [1.165, 1.54) is 12.1 Å². The highest BCUT2D eigenvalue weighted by atomic mass is 35.5. The first kappa shape index (κ1) is 16.3. The Morgan fingerprint density at radius 3 is 2.21 bits per heavy atom. The first-order chi connectivity index (χ1) is 11.6. The summed E-state index contributed by atoms with van der Waals surface area (Å²) in [6.07, 6.45) is 0.870. The molecule has 24 heavy (non-hydrogen) atoms. The topological polar surface area (TPSA) is 66.7 Å². The number of carbonyl (C=O) groups is 1. The lowest BCUT2D eigenvalue weighted by molar-refractivity contribution is -0.384. The number of aldehydes is 1. The van der Waals surface area contributed by atoms with E-state index in [0.29, 0.717) is 10.6 Å². The standard InChI is InChI=1S/C17H16ClN3O3/c18-15-11-14(21(23)24)5-6-17(15)20-9-7-19(8-10-20)16-4-2-1-3-13(16)12-22/h1-6,11-12H,7-10H2. The molecule has 0 spiro atoms. The van der Waals surface area contributed by atoms with Crippen LogP contribution in [0.15, 0.2) is 42.5 Å². The van der Waals surface area contributed by atoms with Crippen LogP contribution in [0.1, 0.15) is 10.4 Å². The lowest BCUT2D eigenvalue weighted by Gasteiger charge is -2.38. The molecule has 0 amide bonds. The van der Waals surface area contributed by atoms with Crippen molar-refractivity contribution in [3.63, 3.8) is 0 Å². The maximum absolute atomic E-state index is 11.2. The van der Waals surface area contributed by atoms with E-state index in [9.17, 15) is 14.9 Å². The molecule has 6 nitrogen and oxygen atoms in total. The van der Waals surface area contributed by atoms with Crippen molar-refractivity contribution in [3.05, 3.63) is 63.2 Å². The number of piperazine rings is 1. The summed E-state index contributed by atoms with van der Waals surface area (Å²) in [4.78, 5) is 25.8. The Balaban J connectivity index is 1.73. The van der Waals surface area contributed by atoms with Crippen molar-refractivity contribution in [2.45, 2.75) is 0 Å². The molecule has 7 heteroatoms. The first-order valence-corrected chi connectivity index (χ1v) is 7.96. The molecule has 0 bridgehead atoms. The van der Waals surface area contributed by atoms with Gasteiger partial charge in [0.25, 0.3) is 5.69 Å². The number of rotatable bonds is 4. The second kappa shape index (κ2) is 6.88. The van der Waals surface area contributed by atoms with Crippen LogP contribution in [0.3, 0.4) is 0 Å². The van der Waals surface area contributed by atoms with Gasteiger partial charge >= 0.3 is 0 Å². The summed E-state index contributed by atoms with van der Waals surface area (Å²) in [5.41, 5.74) is 2.40. The molecule has 0 atom stereocenters. The number of anilines is 2. The zero-order valence-corrected chi connectivity index (χ0v) is 13.6. The van der Waals surface area contributed by atoms with E-state index >= 15 is 0 Å². The number of halogens is 1. The monoisotopic (exact) mass is 345 g/mol. The van der Waals surface area contributed by atoms with E-state index in [-0.39, 0.29) is 5.69 Å². The van der Waals surface area contributed by atoms with Gasteiger partial charge in [-0.3, -0.25) is 14.9 Å². The molecule has 3 rings (SSSR count). The summed E-state index contributed by atoms with van der Waals surface area (Å²) in [7, 11) is 0. The third-order valence-electron chi connectivity index (χ3n) is 4.17. The minimum absolute atomic E-state index is 0.0118. The molecule has 124 valence electrons. The number of nitro groups is 1. The molecule has 1 aliphatic rings. The van der Waals surface area contributed by atoms with Gasteiger partial charge in [0.1, 0.15) is 0 Å². The van der Waals surface area contributed by atoms with Gasteiger partial charge in [0.05, 0.1) is 15.6 Å². The van der Waals surface area contributed by atoms with Crippen molar-refractivity contribution in [1.82, 2.24) is 0 Å². The zero-order chi connectivity index (χ0) is 17.1. The molecule has 0 saturated carbocycles. The van der Waals surface area contributed by atoms with Gasteiger partial charge in [-0.05, 0) is 18.2 Å². The SMILES string of the molecule is O=Cc1ccccc1N1CCN(c2ccc([N+](=O)[O-])cc2Cl)CC1. The predicted octanol–water partition coefficient (Wildman–Crippen LogP) is 3.39. The molecule has 1 saturated heterocycles. The van der Waals surface area contributed by atoms with E-state index in [4.69, 9.17) is 11.6 Å². The summed E-state index contributed by atoms with van der Waals surface area (Å²) >= 11 is 6.20. The average molecular weight is 346 g/mol. The third-order valence-corrected chi connectivity index (χ3v) is 4.47. The molecule has 0 radical (unpaired) electrons. The molecular weight excluding hydrogens is 330 g/mol. The van der Waals surface area contributed by atoms with Crippen molar-refractivity contribution in [2.75, 3.05) is 36.0 Å². The highest BCUT2D eigenvalue weighted by molar-refractivity contribution is 6.33. The van der Waals surface area contributed by atoms with E-state index in [0.717, 1.165) is 43.8 Å². The van der Waals surface area contributed by atoms with Crippen LogP contribution in [0.25, 0.3) is 0 Å². The number of para-hydroxylation sites is 1. The molecule has 0 unspecified atom stereocenters. The minimum Gasteiger partial charge on any atom is -0.367 e. The number of hydrogen-bond acceptors (Lipinski definition) is 5. The zero-order valence-electron chi connectivity index (χ0n) is 12.9. The predicted molar refractivity (Wildman–Crippen MR) is 94.4 cm³/mol. The second-order valence-electron chi connectivity index (χ2n) is 5.54. The van der Waals surface area contributed by atoms with E-state index in [1.54, 1.807) is 6.07 Å². The molecule has 0 aromatic heterocycles. The van der Waals surface area contributed by atoms with Crippen LogP contribution in [0, 0.1) is 10.1 Å². The average Bonchev–Trinajstić information content (AvgIpc) is 2.61. The van der Waals surface area contributed by atoms with Crippen LogP contribution in [-0.2, 0) is 0 Å². The number of hydrogen-bond donors (Lipinski definition) is 0. The number of nitro benzene ring substituents is 1. The first-order valence-electron chi connectivity index (χ1n) is 7.58. The summed E-state index contributed by atoms with van der Waals surface area (Å²) in [6, 6.07) is 12.1. The highest BCUT2D eigenvalue weighted by Crippen LogP contribution is 2.31. The maximum Gasteiger partial charge on any atom is 0.271 e. The molecule has 0 N–H and O–H groups in total. The van der Waals surface area contributed by atoms with Crippen molar-refractivity contribution < 1.29 is 9.72 Å². The van der Waals surface area contributed by atoms with Gasteiger partial charge in [0.2, 0.25) is 0 Å². The van der Waals surface area contributed by atoms with Crippen LogP contribution in [0.2, 0.25) is 5.02 Å². The number of carbonyl (C=O) groups excluding carboxylic acids is 1. The molecule has 2 aromatic carbocycles. The van der Waals surface area contributed by atoms with Gasteiger partial charge in [0, 0.05) is 49.6 Å². The Labute approximate surface area is 144 Å². The van der Waals surface area contributed by atoms with E-state index < -0.39 is 4.92 Å². The van der Waals surface area contributed by atoms with Crippen molar-refractivity contribution in [3.8, 4) is 0 Å². The fourth-order valence-corrected chi connectivity index (χ4v) is 3.22. The smallest absolute Gasteiger partial charge is 0.271 e. The normalized spacial score (nSPS) is 14.5. The summed E-state index contributed by atoms with van der Waals surface area (Å²) < 4.78 is 0. The number of nitrogens with zero attached hydrogens (tertiary/aromatic N) is 3. The molecule has 1 aliphatic heterocycles. The van der Waals surface area contributed by atoms with Gasteiger partial charge in [-0.2, -0.15) is 0 Å². The third kappa shape index (κ3) is 3.19. The Kier molecular flexibility index (Phi) is 4.66. The Morgan fingerprint density at radius 1 is 1.00 bits per heavy atom. The van der Waals surface area contributed by atoms with Crippen LogP contribution in [-0.4, -0.2) is 37.4 Å². The molecule has 2 aromatic rings. The molecule has 0 aliphatic carbocycles. The van der Waals surface area contributed by atoms with E-state index in [1.807, 2.05) is 24.3 Å². The molecule has 1 fully saturated rings. The fourth-order valence-electron chi connectivity index (χ4n) is 2.93. The van der Waals surface area contributed by atoms with E-state index in [2.05, 4.69) is 9.80 Å². The number of non-ortho nitro benzene ring substituents is 1. The molecule has 1 heterocycles. The van der Waals surface area contributed by atoms with Gasteiger partial charge in [0.15, 0.2) is 6.29 Å². The van der Waals surface area contributed by atoms with Gasteiger partial charge in [-0.1, -0.05) is 23.7 Å². The lowest BCUT2D eigenvalue weighted by Crippen LogP contribution is -2.46. The van der Waals surface area contributed by atoms with Crippen molar-refractivity contribution >= 4 is 34.9 Å². The highest BCUT2D eigenvalue weighted by Gasteiger charge is 2.21. The Bertz CT molecular complexity index is 773. The summed E-state index contributed by atoms with van der Waals surface area (Å²) in [5.74, 6) is 0. The van der Waals surface area contributed by atoms with Crippen molar-refractivity contribution in [2.24, 2.45) is 0 Å². The molecular formula is C17H16ClN3O3. The summed E-state index contributed by atoms with van der Waals surface area (Å²) in [6.45, 7) is 2.95. The lowest BCUT2D eigenvalue weighted by atomic mass is 10.1.